The van der Waals surface area contributed by atoms with Gasteiger partial charge in [0.05, 0.1) is 22.3 Å². The third-order valence-electron chi connectivity index (χ3n) is 3.15. The molecule has 1 aliphatic carbocycles. The van der Waals surface area contributed by atoms with Crippen LogP contribution >= 0.6 is 23.2 Å². The Balaban J connectivity index is 2.02. The molecule has 0 saturated heterocycles. The zero-order chi connectivity index (χ0) is 14.0. The van der Waals surface area contributed by atoms with E-state index in [4.69, 9.17) is 28.9 Å². The van der Waals surface area contributed by atoms with Crippen LogP contribution in [0.3, 0.4) is 0 Å². The average molecular weight is 302 g/mol. The molecule has 1 aromatic rings. The van der Waals surface area contributed by atoms with Gasteiger partial charge in [0.1, 0.15) is 0 Å². The number of carbonyl (C=O) groups excluding carboxylic acids is 1. The molecular formula is C13H17Cl2N3O. The van der Waals surface area contributed by atoms with Gasteiger partial charge >= 0.3 is 0 Å². The highest BCUT2D eigenvalue weighted by molar-refractivity contribution is 6.40. The molecular weight excluding hydrogens is 285 g/mol. The normalized spacial score (nSPS) is 14.7. The van der Waals surface area contributed by atoms with Gasteiger partial charge in [-0.05, 0) is 31.5 Å². The number of hydrogen-bond acceptors (Lipinski definition) is 3. The van der Waals surface area contributed by atoms with E-state index in [1.165, 1.54) is 12.8 Å². The van der Waals surface area contributed by atoms with Crippen LogP contribution in [0.15, 0.2) is 12.1 Å². The second-order valence-corrected chi connectivity index (χ2v) is 5.52. The van der Waals surface area contributed by atoms with E-state index >= 15 is 0 Å². The van der Waals surface area contributed by atoms with Crippen LogP contribution in [-0.2, 0) is 4.79 Å². The molecule has 19 heavy (non-hydrogen) atoms. The number of benzene rings is 1. The number of hydrogen-bond donors (Lipinski definition) is 2. The van der Waals surface area contributed by atoms with Gasteiger partial charge in [0.25, 0.3) is 0 Å². The average Bonchev–Trinajstić information content (AvgIpc) is 3.15. The van der Waals surface area contributed by atoms with Crippen LogP contribution in [0.1, 0.15) is 19.8 Å². The minimum absolute atomic E-state index is 0.109. The number of likely N-dealkylation sites (N-methyl/N-ethyl adjacent to an activating group) is 1. The zero-order valence-electron chi connectivity index (χ0n) is 10.7. The number of nitrogens with zero attached hydrogens (tertiary/aromatic N) is 1. The topological polar surface area (TPSA) is 58.4 Å². The minimum Gasteiger partial charge on any atom is -0.399 e. The van der Waals surface area contributed by atoms with Gasteiger partial charge in [0.2, 0.25) is 5.91 Å². The lowest BCUT2D eigenvalue weighted by atomic mass is 10.2. The second-order valence-electron chi connectivity index (χ2n) is 4.70. The summed E-state index contributed by atoms with van der Waals surface area (Å²) in [6, 6.07) is 3.69. The second kappa shape index (κ2) is 5.99. The van der Waals surface area contributed by atoms with Crippen LogP contribution in [0.5, 0.6) is 0 Å². The highest BCUT2D eigenvalue weighted by Gasteiger charge is 2.29. The Morgan fingerprint density at radius 1 is 1.42 bits per heavy atom. The molecule has 0 aliphatic heterocycles. The molecule has 0 atom stereocenters. The molecule has 104 valence electrons. The summed E-state index contributed by atoms with van der Waals surface area (Å²) in [5.74, 6) is -0.109. The minimum atomic E-state index is -0.109. The van der Waals surface area contributed by atoms with E-state index in [1.807, 2.05) is 0 Å². The lowest BCUT2D eigenvalue weighted by molar-refractivity contribution is -0.117. The Morgan fingerprint density at radius 3 is 2.47 bits per heavy atom. The van der Waals surface area contributed by atoms with Crippen molar-refractivity contribution in [2.24, 2.45) is 0 Å². The number of nitrogen functional groups attached to an aromatic ring is 1. The molecule has 0 spiro atoms. The highest BCUT2D eigenvalue weighted by Crippen LogP contribution is 2.33. The van der Waals surface area contributed by atoms with Gasteiger partial charge in [0.15, 0.2) is 0 Å². The van der Waals surface area contributed by atoms with Crippen molar-refractivity contribution in [2.75, 3.05) is 24.1 Å². The Hall–Kier alpha value is -0.970. The third kappa shape index (κ3) is 3.75. The maximum absolute atomic E-state index is 12.0. The molecule has 1 saturated carbocycles. The summed E-state index contributed by atoms with van der Waals surface area (Å²) < 4.78 is 0. The van der Waals surface area contributed by atoms with E-state index in [0.717, 1.165) is 6.54 Å². The van der Waals surface area contributed by atoms with Crippen molar-refractivity contribution in [3.8, 4) is 0 Å². The largest absolute Gasteiger partial charge is 0.399 e. The van der Waals surface area contributed by atoms with Gasteiger partial charge in [-0.3, -0.25) is 9.69 Å². The first kappa shape index (κ1) is 14.4. The van der Waals surface area contributed by atoms with Crippen molar-refractivity contribution in [3.05, 3.63) is 22.2 Å². The summed E-state index contributed by atoms with van der Waals surface area (Å²) >= 11 is 12.1. The summed E-state index contributed by atoms with van der Waals surface area (Å²) in [4.78, 5) is 14.1. The van der Waals surface area contributed by atoms with Crippen molar-refractivity contribution in [2.45, 2.75) is 25.8 Å². The summed E-state index contributed by atoms with van der Waals surface area (Å²) in [7, 11) is 0. The SMILES string of the molecule is CCN(CC(=O)Nc1c(Cl)cc(N)cc1Cl)C1CC1. The van der Waals surface area contributed by atoms with E-state index in [2.05, 4.69) is 17.1 Å². The predicted octanol–water partition coefficient (Wildman–Crippen LogP) is 3.00. The van der Waals surface area contributed by atoms with Gasteiger partial charge in [0, 0.05) is 11.7 Å². The van der Waals surface area contributed by atoms with E-state index in [9.17, 15) is 4.79 Å². The number of nitrogens with two attached hydrogens (primary N) is 1. The molecule has 0 heterocycles. The van der Waals surface area contributed by atoms with E-state index in [0.29, 0.717) is 34.0 Å². The van der Waals surface area contributed by atoms with Gasteiger partial charge in [-0.2, -0.15) is 0 Å². The van der Waals surface area contributed by atoms with Crippen LogP contribution in [-0.4, -0.2) is 29.9 Å². The predicted molar refractivity (Wildman–Crippen MR) is 79.8 cm³/mol. The van der Waals surface area contributed by atoms with Gasteiger partial charge in [-0.15, -0.1) is 0 Å². The summed E-state index contributed by atoms with van der Waals surface area (Å²) in [5, 5.41) is 3.46. The molecule has 0 bridgehead atoms. The molecule has 1 fully saturated rings. The zero-order valence-corrected chi connectivity index (χ0v) is 12.3. The summed E-state index contributed by atoms with van der Waals surface area (Å²) in [6.45, 7) is 3.27. The Labute approximate surface area is 122 Å². The van der Waals surface area contributed by atoms with Gasteiger partial charge in [-0.25, -0.2) is 0 Å². The lowest BCUT2D eigenvalue weighted by Crippen LogP contribution is -2.34. The molecule has 0 unspecified atom stereocenters. The quantitative estimate of drug-likeness (QED) is 0.822. The van der Waals surface area contributed by atoms with E-state index in [-0.39, 0.29) is 5.91 Å². The molecule has 4 nitrogen and oxygen atoms in total. The van der Waals surface area contributed by atoms with Crippen LogP contribution < -0.4 is 11.1 Å². The molecule has 0 radical (unpaired) electrons. The molecule has 6 heteroatoms. The Morgan fingerprint density at radius 2 is 2.00 bits per heavy atom. The standard InChI is InChI=1S/C13H17Cl2N3O/c1-2-18(9-3-4-9)7-12(19)17-13-10(14)5-8(16)6-11(13)15/h5-6,9H,2-4,7,16H2,1H3,(H,17,19). The van der Waals surface area contributed by atoms with Gasteiger partial charge < -0.3 is 11.1 Å². The fourth-order valence-electron chi connectivity index (χ4n) is 2.01. The van der Waals surface area contributed by atoms with Crippen molar-refractivity contribution >= 4 is 40.5 Å². The molecule has 3 N–H and O–H groups in total. The van der Waals surface area contributed by atoms with Crippen LogP contribution in [0, 0.1) is 0 Å². The number of rotatable bonds is 5. The van der Waals surface area contributed by atoms with Crippen molar-refractivity contribution in [1.29, 1.82) is 0 Å². The van der Waals surface area contributed by atoms with Gasteiger partial charge in [-0.1, -0.05) is 30.1 Å². The van der Waals surface area contributed by atoms with Crippen LogP contribution in [0.25, 0.3) is 0 Å². The number of carbonyl (C=O) groups is 1. The number of halogens is 2. The molecule has 1 aromatic carbocycles. The first-order valence-electron chi connectivity index (χ1n) is 6.29. The number of amides is 1. The van der Waals surface area contributed by atoms with Crippen molar-refractivity contribution in [1.82, 2.24) is 4.90 Å². The molecule has 1 aliphatic rings. The van der Waals surface area contributed by atoms with Crippen LogP contribution in [0.2, 0.25) is 10.0 Å². The maximum Gasteiger partial charge on any atom is 0.238 e. The third-order valence-corrected chi connectivity index (χ3v) is 3.74. The monoisotopic (exact) mass is 301 g/mol. The van der Waals surface area contributed by atoms with E-state index in [1.54, 1.807) is 12.1 Å². The number of nitrogens with one attached hydrogen (secondary N) is 1. The molecule has 0 aromatic heterocycles. The first-order valence-corrected chi connectivity index (χ1v) is 7.05. The fraction of sp³-hybridized carbons (Fsp3) is 0.462. The first-order chi connectivity index (χ1) is 9.01. The number of anilines is 2. The Kier molecular flexibility index (Phi) is 4.55. The maximum atomic E-state index is 12.0. The Bertz CT molecular complexity index is 466. The van der Waals surface area contributed by atoms with Crippen molar-refractivity contribution < 1.29 is 4.79 Å². The summed E-state index contributed by atoms with van der Waals surface area (Å²) in [6.07, 6.45) is 2.34. The molecule has 1 amide bonds. The molecule has 2 rings (SSSR count). The highest BCUT2D eigenvalue weighted by atomic mass is 35.5. The van der Waals surface area contributed by atoms with E-state index < -0.39 is 0 Å². The fourth-order valence-corrected chi connectivity index (χ4v) is 2.61. The smallest absolute Gasteiger partial charge is 0.238 e. The lowest BCUT2D eigenvalue weighted by Gasteiger charge is -2.19. The van der Waals surface area contributed by atoms with Crippen molar-refractivity contribution in [3.63, 3.8) is 0 Å². The summed E-state index contributed by atoms with van der Waals surface area (Å²) in [5.41, 5.74) is 6.52. The van der Waals surface area contributed by atoms with Crippen LogP contribution in [0.4, 0.5) is 11.4 Å².